The summed E-state index contributed by atoms with van der Waals surface area (Å²) >= 11 is 0. The van der Waals surface area contributed by atoms with Crippen molar-refractivity contribution in [2.75, 3.05) is 23.4 Å². The number of carbonyl (C=O) groups is 1. The lowest BCUT2D eigenvalue weighted by Crippen LogP contribution is -2.39. The third kappa shape index (κ3) is 6.56. The highest BCUT2D eigenvalue weighted by molar-refractivity contribution is 5.92. The molecule has 0 aromatic heterocycles. The van der Waals surface area contributed by atoms with Gasteiger partial charge in [0, 0.05) is 24.0 Å². The Labute approximate surface area is 209 Å². The first kappa shape index (κ1) is 25.1. The maximum atomic E-state index is 11.5. The van der Waals surface area contributed by atoms with Crippen LogP contribution in [0.1, 0.15) is 82.4 Å². The molecule has 0 saturated heterocycles. The first-order valence-corrected chi connectivity index (χ1v) is 13.1. The van der Waals surface area contributed by atoms with Gasteiger partial charge in [0.2, 0.25) is 0 Å². The van der Waals surface area contributed by atoms with Gasteiger partial charge in [-0.25, -0.2) is 4.99 Å². The summed E-state index contributed by atoms with van der Waals surface area (Å²) in [5.41, 5.74) is 4.16. The molecule has 1 aliphatic carbocycles. The summed E-state index contributed by atoms with van der Waals surface area (Å²) in [5.74, 6) is -0.382. The third-order valence-corrected chi connectivity index (χ3v) is 7.03. The normalized spacial score (nSPS) is 19.2. The number of benzene rings is 2. The fourth-order valence-corrected chi connectivity index (χ4v) is 5.29. The van der Waals surface area contributed by atoms with Gasteiger partial charge in [0.15, 0.2) is 0 Å². The van der Waals surface area contributed by atoms with Crippen LogP contribution in [0.5, 0.6) is 0 Å². The lowest BCUT2D eigenvalue weighted by atomic mass is 9.92. The van der Waals surface area contributed by atoms with E-state index in [9.17, 15) is 9.90 Å². The van der Waals surface area contributed by atoms with Crippen LogP contribution in [0.15, 0.2) is 53.5 Å². The Bertz CT molecular complexity index is 1020. The molecule has 0 spiro atoms. The molecule has 1 fully saturated rings. The van der Waals surface area contributed by atoms with Gasteiger partial charge in [0.05, 0.1) is 6.42 Å². The summed E-state index contributed by atoms with van der Waals surface area (Å²) in [7, 11) is 0. The fraction of sp³-hybridized carbons (Fsp3) is 0.517. The van der Waals surface area contributed by atoms with Crippen molar-refractivity contribution < 1.29 is 14.6 Å². The molecule has 0 radical (unpaired) electrons. The van der Waals surface area contributed by atoms with Gasteiger partial charge in [-0.15, -0.1) is 0 Å². The number of nitrogens with one attached hydrogen (secondary N) is 1. The predicted octanol–water partition coefficient (Wildman–Crippen LogP) is 6.60. The molecule has 0 bridgehead atoms. The van der Waals surface area contributed by atoms with Crippen molar-refractivity contribution in [2.45, 2.75) is 77.3 Å². The Morgan fingerprint density at radius 3 is 2.54 bits per heavy atom. The van der Waals surface area contributed by atoms with Crippen LogP contribution >= 0.6 is 0 Å². The molecule has 2 aromatic rings. The second-order valence-corrected chi connectivity index (χ2v) is 10.4. The van der Waals surface area contributed by atoms with E-state index in [4.69, 9.17) is 9.73 Å². The minimum Gasteiger partial charge on any atom is -0.481 e. The third-order valence-electron chi connectivity index (χ3n) is 7.03. The van der Waals surface area contributed by atoms with Crippen LogP contribution < -0.4 is 10.2 Å². The first-order valence-electron chi connectivity index (χ1n) is 13.1. The van der Waals surface area contributed by atoms with Gasteiger partial charge < -0.3 is 20.1 Å². The van der Waals surface area contributed by atoms with E-state index >= 15 is 0 Å². The van der Waals surface area contributed by atoms with Gasteiger partial charge >= 0.3 is 5.97 Å². The second kappa shape index (κ2) is 11.6. The topological polar surface area (TPSA) is 74.2 Å². The van der Waals surface area contributed by atoms with Gasteiger partial charge in [-0.3, -0.25) is 4.79 Å². The molecular formula is C29H39N3O3. The molecule has 2 N–H and O–H groups in total. The molecule has 2 aliphatic rings. The molecule has 6 heteroatoms. The number of ether oxygens (including phenoxy) is 1. The van der Waals surface area contributed by atoms with Gasteiger partial charge in [-0.05, 0) is 47.9 Å². The van der Waals surface area contributed by atoms with E-state index in [2.05, 4.69) is 54.4 Å². The van der Waals surface area contributed by atoms with Crippen LogP contribution in [0.3, 0.4) is 0 Å². The summed E-state index contributed by atoms with van der Waals surface area (Å²) in [4.78, 5) is 18.8. The molecule has 1 heterocycles. The Hall–Kier alpha value is -3.02. The van der Waals surface area contributed by atoms with Gasteiger partial charge in [0.25, 0.3) is 6.02 Å². The van der Waals surface area contributed by atoms with E-state index in [-0.39, 0.29) is 18.4 Å². The predicted molar refractivity (Wildman–Crippen MR) is 142 cm³/mol. The molecule has 2 aromatic carbocycles. The van der Waals surface area contributed by atoms with Gasteiger partial charge in [-0.1, -0.05) is 76.4 Å². The zero-order valence-corrected chi connectivity index (χ0v) is 21.2. The minimum atomic E-state index is -0.797. The van der Waals surface area contributed by atoms with E-state index in [0.717, 1.165) is 23.4 Å². The van der Waals surface area contributed by atoms with Crippen molar-refractivity contribution >= 4 is 23.4 Å². The minimum absolute atomic E-state index is 0.0403. The maximum Gasteiger partial charge on any atom is 0.303 e. The quantitative estimate of drug-likeness (QED) is 0.426. The van der Waals surface area contributed by atoms with Gasteiger partial charge in [-0.2, -0.15) is 0 Å². The van der Waals surface area contributed by atoms with Crippen molar-refractivity contribution in [3.63, 3.8) is 0 Å². The molecule has 2 unspecified atom stereocenters. The van der Waals surface area contributed by atoms with E-state index in [1.807, 2.05) is 25.1 Å². The monoisotopic (exact) mass is 477 g/mol. The second-order valence-electron chi connectivity index (χ2n) is 10.4. The van der Waals surface area contributed by atoms with Crippen LogP contribution in [0.4, 0.5) is 11.4 Å². The number of carboxylic acids is 1. The smallest absolute Gasteiger partial charge is 0.303 e. The van der Waals surface area contributed by atoms with Crippen LogP contribution in [0.2, 0.25) is 0 Å². The molecular weight excluding hydrogens is 438 g/mol. The summed E-state index contributed by atoms with van der Waals surface area (Å²) < 4.78 is 5.93. The van der Waals surface area contributed by atoms with Crippen molar-refractivity contribution in [3.8, 4) is 0 Å². The number of anilines is 2. The molecule has 35 heavy (non-hydrogen) atoms. The van der Waals surface area contributed by atoms with Crippen LogP contribution in [-0.2, 0) is 9.53 Å². The van der Waals surface area contributed by atoms with Crippen LogP contribution in [0, 0.1) is 5.92 Å². The van der Waals surface area contributed by atoms with Crippen LogP contribution in [0.25, 0.3) is 0 Å². The maximum absolute atomic E-state index is 11.5. The number of nitrogens with zero attached hydrogens (tertiary/aromatic N) is 2. The summed E-state index contributed by atoms with van der Waals surface area (Å²) in [5, 5.41) is 12.8. The first-order chi connectivity index (χ1) is 16.9. The highest BCUT2D eigenvalue weighted by Gasteiger charge is 2.26. The average Bonchev–Trinajstić information content (AvgIpc) is 3.31. The Morgan fingerprint density at radius 2 is 1.86 bits per heavy atom. The number of hydrogen-bond acceptors (Lipinski definition) is 5. The number of hydrogen-bond donors (Lipinski definition) is 2. The van der Waals surface area contributed by atoms with E-state index in [1.54, 1.807) is 0 Å². The largest absolute Gasteiger partial charge is 0.481 e. The van der Waals surface area contributed by atoms with Crippen molar-refractivity contribution in [3.05, 3.63) is 59.7 Å². The zero-order chi connectivity index (χ0) is 24.8. The molecule has 0 amide bonds. The lowest BCUT2D eigenvalue weighted by Gasteiger charge is -2.38. The highest BCUT2D eigenvalue weighted by atomic mass is 16.5. The summed E-state index contributed by atoms with van der Waals surface area (Å²) in [6, 6.07) is 17.6. The summed E-state index contributed by atoms with van der Waals surface area (Å²) in [6.45, 7) is 7.99. The lowest BCUT2D eigenvalue weighted by molar-refractivity contribution is -0.137. The number of rotatable bonds is 9. The molecule has 4 rings (SSSR count). The molecule has 1 aliphatic heterocycles. The van der Waals surface area contributed by atoms with Gasteiger partial charge in [0.1, 0.15) is 12.6 Å². The average molecular weight is 478 g/mol. The Morgan fingerprint density at radius 1 is 1.11 bits per heavy atom. The number of aliphatic imine (C=N–C) groups is 1. The number of carboxylic acid groups (broad SMARTS) is 1. The number of aliphatic carboxylic acids is 1. The molecule has 1 saturated carbocycles. The van der Waals surface area contributed by atoms with E-state index in [1.165, 1.54) is 37.8 Å². The standard InChI is InChI=1S/C29H39N3O3/c1-20(2)18-32(23-12-8-5-9-13-23)24-14-15-25(21(3)16-28(33)34)26(17-24)30-29-31-27(19-35-29)22-10-6-4-7-11-22/h4,6-7,10-11,14-15,17,20-21,23,27H,5,8-9,12-13,16,18-19H2,1-3H3,(H,30,31)(H,33,34). The Kier molecular flexibility index (Phi) is 8.32. The molecule has 188 valence electrons. The van der Waals surface area contributed by atoms with Crippen molar-refractivity contribution in [2.24, 2.45) is 10.9 Å². The summed E-state index contributed by atoms with van der Waals surface area (Å²) in [6.07, 6.45) is 6.41. The zero-order valence-electron chi connectivity index (χ0n) is 21.2. The Balaban J connectivity index is 1.64. The van der Waals surface area contributed by atoms with E-state index < -0.39 is 5.97 Å². The van der Waals surface area contributed by atoms with Crippen LogP contribution in [-0.4, -0.2) is 36.3 Å². The molecule has 2 atom stereocenters. The van der Waals surface area contributed by atoms with Crippen molar-refractivity contribution in [1.82, 2.24) is 0 Å². The SMILES string of the molecule is CC(C)CN(c1ccc(C(C)CC(=O)O)c(NC2=NC(c3ccccc3)CO2)c1)C1CCCCC1. The highest BCUT2D eigenvalue weighted by Crippen LogP contribution is 2.35. The van der Waals surface area contributed by atoms with Crippen molar-refractivity contribution in [1.29, 1.82) is 0 Å². The van der Waals surface area contributed by atoms with E-state index in [0.29, 0.717) is 24.6 Å². The fourth-order valence-electron chi connectivity index (χ4n) is 5.29. The molecule has 6 nitrogen and oxygen atoms in total. The number of amidine groups is 1.